The van der Waals surface area contributed by atoms with Crippen LogP contribution in [0.2, 0.25) is 0 Å². The summed E-state index contributed by atoms with van der Waals surface area (Å²) in [5.74, 6) is -0.0508. The van der Waals surface area contributed by atoms with Crippen LogP contribution in [-0.4, -0.2) is 20.0 Å². The van der Waals surface area contributed by atoms with Crippen molar-refractivity contribution < 1.29 is 4.79 Å². The molecule has 0 radical (unpaired) electrons. The average Bonchev–Trinajstić information content (AvgIpc) is 3.13. The maximum absolute atomic E-state index is 12.5. The molecule has 0 atom stereocenters. The second kappa shape index (κ2) is 5.92. The van der Waals surface area contributed by atoms with Crippen LogP contribution in [0.25, 0.3) is 19.5 Å². The third-order valence-corrected chi connectivity index (χ3v) is 6.33. The van der Waals surface area contributed by atoms with Crippen LogP contribution in [0, 0.1) is 0 Å². The molecule has 4 aromatic rings. The number of fused-ring (bicyclic) bond motifs is 3. The highest BCUT2D eigenvalue weighted by molar-refractivity contribution is 7.33. The van der Waals surface area contributed by atoms with Gasteiger partial charge in [0.2, 0.25) is 0 Å². The van der Waals surface area contributed by atoms with Crippen LogP contribution in [0.5, 0.6) is 0 Å². The molecule has 0 spiro atoms. The Morgan fingerprint density at radius 2 is 1.71 bits per heavy atom. The van der Waals surface area contributed by atoms with Gasteiger partial charge in [0.15, 0.2) is 0 Å². The number of carbonyl (C=O) groups excluding carboxylic acids is 1. The molecule has 0 aliphatic carbocycles. The number of thiophene rings is 2. The van der Waals surface area contributed by atoms with Crippen molar-refractivity contribution in [3.8, 4) is 0 Å². The van der Waals surface area contributed by atoms with Gasteiger partial charge in [-0.2, -0.15) is 0 Å². The summed E-state index contributed by atoms with van der Waals surface area (Å²) in [7, 11) is 3.99. The van der Waals surface area contributed by atoms with E-state index in [-0.39, 0.29) is 5.91 Å². The van der Waals surface area contributed by atoms with Crippen LogP contribution in [-0.2, 0) is 0 Å². The van der Waals surface area contributed by atoms with Crippen LogP contribution in [0.4, 0.5) is 11.4 Å². The molecular formula is C19H16N2OS2. The molecule has 3 nitrogen and oxygen atoms in total. The smallest absolute Gasteiger partial charge is 0.265 e. The van der Waals surface area contributed by atoms with Gasteiger partial charge in [-0.1, -0.05) is 18.2 Å². The molecular weight excluding hydrogens is 336 g/mol. The highest BCUT2D eigenvalue weighted by atomic mass is 32.1. The van der Waals surface area contributed by atoms with Crippen LogP contribution in [0.1, 0.15) is 9.67 Å². The van der Waals surface area contributed by atoms with Crippen molar-refractivity contribution in [3.63, 3.8) is 0 Å². The van der Waals surface area contributed by atoms with Crippen LogP contribution in [0.15, 0.2) is 54.6 Å². The monoisotopic (exact) mass is 352 g/mol. The lowest BCUT2D eigenvalue weighted by Gasteiger charge is -2.12. The zero-order valence-electron chi connectivity index (χ0n) is 13.4. The standard InChI is InChI=1S/C19H16N2OS2/c1-21(2)13-9-7-12(8-10-13)20-19(22)17-11-16-18(24-17)14-5-3-4-6-15(14)23-16/h3-11H,1-2H3,(H,20,22). The van der Waals surface area contributed by atoms with E-state index in [9.17, 15) is 4.79 Å². The number of amides is 1. The van der Waals surface area contributed by atoms with Gasteiger partial charge in [0, 0.05) is 40.3 Å². The van der Waals surface area contributed by atoms with E-state index in [1.54, 1.807) is 22.7 Å². The summed E-state index contributed by atoms with van der Waals surface area (Å²) in [5, 5.41) is 4.21. The van der Waals surface area contributed by atoms with Crippen molar-refractivity contribution >= 4 is 59.4 Å². The lowest BCUT2D eigenvalue weighted by atomic mass is 10.2. The molecule has 1 N–H and O–H groups in total. The fourth-order valence-corrected chi connectivity index (χ4v) is 5.07. The predicted molar refractivity (Wildman–Crippen MR) is 106 cm³/mol. The summed E-state index contributed by atoms with van der Waals surface area (Å²) in [5.41, 5.74) is 1.92. The summed E-state index contributed by atoms with van der Waals surface area (Å²) in [6, 6.07) is 18.2. The number of nitrogens with one attached hydrogen (secondary N) is 1. The van der Waals surface area contributed by atoms with Crippen LogP contribution < -0.4 is 10.2 Å². The molecule has 0 bridgehead atoms. The van der Waals surface area contributed by atoms with Gasteiger partial charge in [0.1, 0.15) is 0 Å². The number of rotatable bonds is 3. The number of hydrogen-bond acceptors (Lipinski definition) is 4. The molecule has 0 unspecified atom stereocenters. The fourth-order valence-electron chi connectivity index (χ4n) is 2.65. The third kappa shape index (κ3) is 2.66. The first-order chi connectivity index (χ1) is 11.6. The topological polar surface area (TPSA) is 32.3 Å². The first-order valence-electron chi connectivity index (χ1n) is 7.61. The summed E-state index contributed by atoms with van der Waals surface area (Å²) < 4.78 is 3.64. The number of anilines is 2. The second-order valence-electron chi connectivity index (χ2n) is 5.80. The molecule has 0 aliphatic heterocycles. The lowest BCUT2D eigenvalue weighted by molar-refractivity contribution is 0.103. The van der Waals surface area contributed by atoms with Gasteiger partial charge in [-0.25, -0.2) is 0 Å². The van der Waals surface area contributed by atoms with E-state index in [2.05, 4.69) is 17.4 Å². The van der Waals surface area contributed by atoms with Crippen molar-refractivity contribution in [2.75, 3.05) is 24.3 Å². The Kier molecular flexibility index (Phi) is 3.75. The normalized spacial score (nSPS) is 11.1. The largest absolute Gasteiger partial charge is 0.378 e. The molecule has 0 saturated carbocycles. The Labute approximate surface area is 148 Å². The third-order valence-electron chi connectivity index (χ3n) is 3.91. The minimum Gasteiger partial charge on any atom is -0.378 e. The number of nitrogens with zero attached hydrogens (tertiary/aromatic N) is 1. The predicted octanol–water partition coefficient (Wildman–Crippen LogP) is 5.43. The minimum atomic E-state index is -0.0508. The molecule has 0 fully saturated rings. The van der Waals surface area contributed by atoms with Crippen molar-refractivity contribution in [2.24, 2.45) is 0 Å². The molecule has 0 saturated heterocycles. The average molecular weight is 352 g/mol. The van der Waals surface area contributed by atoms with E-state index in [0.717, 1.165) is 16.3 Å². The Morgan fingerprint density at radius 1 is 0.958 bits per heavy atom. The maximum atomic E-state index is 12.5. The van der Waals surface area contributed by atoms with Crippen molar-refractivity contribution in [1.29, 1.82) is 0 Å². The van der Waals surface area contributed by atoms with E-state index in [0.29, 0.717) is 0 Å². The van der Waals surface area contributed by atoms with E-state index in [1.807, 2.05) is 61.5 Å². The van der Waals surface area contributed by atoms with Crippen molar-refractivity contribution in [3.05, 3.63) is 59.5 Å². The Morgan fingerprint density at radius 3 is 2.46 bits per heavy atom. The number of benzene rings is 2. The van der Waals surface area contributed by atoms with Gasteiger partial charge >= 0.3 is 0 Å². The molecule has 120 valence electrons. The molecule has 0 aliphatic rings. The Bertz CT molecular complexity index is 1030. The van der Waals surface area contributed by atoms with Crippen LogP contribution >= 0.6 is 22.7 Å². The zero-order chi connectivity index (χ0) is 16.7. The maximum Gasteiger partial charge on any atom is 0.265 e. The molecule has 2 aromatic carbocycles. The molecule has 4 rings (SSSR count). The fraction of sp³-hybridized carbons (Fsp3) is 0.105. The Hall–Kier alpha value is -2.37. The number of hydrogen-bond donors (Lipinski definition) is 1. The van der Waals surface area contributed by atoms with Gasteiger partial charge < -0.3 is 10.2 Å². The lowest BCUT2D eigenvalue weighted by Crippen LogP contribution is -2.11. The van der Waals surface area contributed by atoms with Gasteiger partial charge in [-0.05, 0) is 36.4 Å². The van der Waals surface area contributed by atoms with E-state index >= 15 is 0 Å². The van der Waals surface area contributed by atoms with Gasteiger partial charge in [0.25, 0.3) is 5.91 Å². The van der Waals surface area contributed by atoms with Gasteiger partial charge in [0.05, 0.1) is 9.58 Å². The zero-order valence-corrected chi connectivity index (χ0v) is 15.0. The SMILES string of the molecule is CN(C)c1ccc(NC(=O)c2cc3sc4ccccc4c3s2)cc1. The van der Waals surface area contributed by atoms with Gasteiger partial charge in [-0.3, -0.25) is 4.79 Å². The molecule has 24 heavy (non-hydrogen) atoms. The van der Waals surface area contributed by atoms with E-state index in [4.69, 9.17) is 0 Å². The first-order valence-corrected chi connectivity index (χ1v) is 9.25. The van der Waals surface area contributed by atoms with Gasteiger partial charge in [-0.15, -0.1) is 22.7 Å². The summed E-state index contributed by atoms with van der Waals surface area (Å²) >= 11 is 3.30. The second-order valence-corrected chi connectivity index (χ2v) is 7.93. The molecule has 2 aromatic heterocycles. The summed E-state index contributed by atoms with van der Waals surface area (Å²) in [4.78, 5) is 15.3. The van der Waals surface area contributed by atoms with Crippen molar-refractivity contribution in [1.82, 2.24) is 0 Å². The molecule has 5 heteroatoms. The Balaban J connectivity index is 1.61. The highest BCUT2D eigenvalue weighted by Gasteiger charge is 2.14. The first kappa shape index (κ1) is 15.2. The quantitative estimate of drug-likeness (QED) is 0.533. The van der Waals surface area contributed by atoms with Crippen LogP contribution in [0.3, 0.4) is 0 Å². The number of carbonyl (C=O) groups is 1. The van der Waals surface area contributed by atoms with E-state index in [1.165, 1.54) is 19.5 Å². The van der Waals surface area contributed by atoms with E-state index < -0.39 is 0 Å². The molecule has 2 heterocycles. The highest BCUT2D eigenvalue weighted by Crippen LogP contribution is 2.39. The summed E-state index contributed by atoms with van der Waals surface area (Å²) in [6.45, 7) is 0. The van der Waals surface area contributed by atoms with Crippen molar-refractivity contribution in [2.45, 2.75) is 0 Å². The minimum absolute atomic E-state index is 0.0508. The summed E-state index contributed by atoms with van der Waals surface area (Å²) in [6.07, 6.45) is 0. The molecule has 1 amide bonds.